The van der Waals surface area contributed by atoms with Gasteiger partial charge in [-0.3, -0.25) is 14.9 Å². The van der Waals surface area contributed by atoms with Crippen molar-refractivity contribution in [2.75, 3.05) is 13.1 Å². The second kappa shape index (κ2) is 4.62. The highest BCUT2D eigenvalue weighted by molar-refractivity contribution is 5.97. The fourth-order valence-electron chi connectivity index (χ4n) is 2.25. The molecule has 1 aliphatic heterocycles. The van der Waals surface area contributed by atoms with Gasteiger partial charge in [0, 0.05) is 17.2 Å². The van der Waals surface area contributed by atoms with E-state index in [0.29, 0.717) is 17.5 Å². The molecule has 0 unspecified atom stereocenters. The summed E-state index contributed by atoms with van der Waals surface area (Å²) < 4.78 is 0. The molecular weight excluding hydrogens is 248 g/mol. The number of hydrogen-bond donors (Lipinski definition) is 1. The molecule has 1 N–H and O–H groups in total. The van der Waals surface area contributed by atoms with E-state index < -0.39 is 10.5 Å². The molecule has 1 saturated heterocycles. The lowest BCUT2D eigenvalue weighted by Gasteiger charge is -2.46. The maximum absolute atomic E-state index is 12.2. The summed E-state index contributed by atoms with van der Waals surface area (Å²) in [4.78, 5) is 24.1. The summed E-state index contributed by atoms with van der Waals surface area (Å²) in [5, 5.41) is 20.7. The van der Waals surface area contributed by atoms with E-state index in [1.165, 1.54) is 17.0 Å². The standard InChI is InChI=1S/C13H16N2O4/c1-3-13(17)7-14(8-13)12(16)10-5-4-6-11(9(10)2)15(18)19/h4-6,17H,3,7-8H2,1-2H3. The van der Waals surface area contributed by atoms with Gasteiger partial charge in [0.15, 0.2) is 0 Å². The molecule has 0 saturated carbocycles. The Kier molecular flexibility index (Phi) is 3.28. The van der Waals surface area contributed by atoms with Crippen molar-refractivity contribution in [1.82, 2.24) is 4.90 Å². The summed E-state index contributed by atoms with van der Waals surface area (Å²) in [5.41, 5.74) is -0.168. The van der Waals surface area contributed by atoms with E-state index in [-0.39, 0.29) is 24.7 Å². The van der Waals surface area contributed by atoms with Crippen LogP contribution in [0.25, 0.3) is 0 Å². The molecule has 1 fully saturated rings. The molecule has 1 aromatic carbocycles. The van der Waals surface area contributed by atoms with Crippen molar-refractivity contribution in [2.45, 2.75) is 25.9 Å². The third-order valence-electron chi connectivity index (χ3n) is 3.65. The van der Waals surface area contributed by atoms with Gasteiger partial charge in [-0.25, -0.2) is 0 Å². The van der Waals surface area contributed by atoms with Gasteiger partial charge in [0.25, 0.3) is 11.6 Å². The summed E-state index contributed by atoms with van der Waals surface area (Å²) >= 11 is 0. The van der Waals surface area contributed by atoms with Gasteiger partial charge in [0.05, 0.1) is 23.6 Å². The average Bonchev–Trinajstić information content (AvgIpc) is 2.34. The van der Waals surface area contributed by atoms with Crippen LogP contribution in [0.5, 0.6) is 0 Å². The van der Waals surface area contributed by atoms with Crippen molar-refractivity contribution in [3.8, 4) is 0 Å². The third-order valence-corrected chi connectivity index (χ3v) is 3.65. The molecule has 1 aliphatic rings. The van der Waals surface area contributed by atoms with E-state index in [1.54, 1.807) is 13.0 Å². The highest BCUT2D eigenvalue weighted by Gasteiger charge is 2.42. The Balaban J connectivity index is 2.22. The van der Waals surface area contributed by atoms with Crippen molar-refractivity contribution < 1.29 is 14.8 Å². The van der Waals surface area contributed by atoms with Gasteiger partial charge in [0.1, 0.15) is 0 Å². The number of benzene rings is 1. The molecule has 0 spiro atoms. The van der Waals surface area contributed by atoms with E-state index >= 15 is 0 Å². The largest absolute Gasteiger partial charge is 0.386 e. The molecule has 0 atom stereocenters. The molecule has 0 aliphatic carbocycles. The highest BCUT2D eigenvalue weighted by atomic mass is 16.6. The smallest absolute Gasteiger partial charge is 0.273 e. The normalized spacial score (nSPS) is 16.9. The Bertz CT molecular complexity index is 535. The second-order valence-electron chi connectivity index (χ2n) is 4.95. The van der Waals surface area contributed by atoms with Crippen molar-refractivity contribution in [3.05, 3.63) is 39.4 Å². The van der Waals surface area contributed by atoms with Crippen LogP contribution in [0.4, 0.5) is 5.69 Å². The summed E-state index contributed by atoms with van der Waals surface area (Å²) in [7, 11) is 0. The predicted octanol–water partition coefficient (Wildman–Crippen LogP) is 1.50. The van der Waals surface area contributed by atoms with Crippen LogP contribution in [0.1, 0.15) is 29.3 Å². The van der Waals surface area contributed by atoms with Crippen LogP contribution in [0.15, 0.2) is 18.2 Å². The Labute approximate surface area is 110 Å². The zero-order valence-electron chi connectivity index (χ0n) is 10.9. The van der Waals surface area contributed by atoms with Crippen LogP contribution in [-0.4, -0.2) is 39.5 Å². The molecule has 6 nitrogen and oxygen atoms in total. The predicted molar refractivity (Wildman–Crippen MR) is 69.0 cm³/mol. The number of carbonyl (C=O) groups is 1. The van der Waals surface area contributed by atoms with Crippen molar-refractivity contribution in [3.63, 3.8) is 0 Å². The summed E-state index contributed by atoms with van der Waals surface area (Å²) in [6.45, 7) is 3.99. The van der Waals surface area contributed by atoms with E-state index in [4.69, 9.17) is 0 Å². The van der Waals surface area contributed by atoms with Crippen LogP contribution < -0.4 is 0 Å². The number of rotatable bonds is 3. The summed E-state index contributed by atoms with van der Waals surface area (Å²) in [5.74, 6) is -0.265. The molecule has 1 heterocycles. The maximum Gasteiger partial charge on any atom is 0.273 e. The number of amides is 1. The number of nitro benzene ring substituents is 1. The topological polar surface area (TPSA) is 83.7 Å². The lowest BCUT2D eigenvalue weighted by molar-refractivity contribution is -0.385. The Morgan fingerprint density at radius 3 is 2.68 bits per heavy atom. The molecule has 19 heavy (non-hydrogen) atoms. The Hall–Kier alpha value is -1.95. The first-order valence-electron chi connectivity index (χ1n) is 6.13. The minimum absolute atomic E-state index is 0.0582. The van der Waals surface area contributed by atoms with Gasteiger partial charge in [-0.1, -0.05) is 13.0 Å². The minimum atomic E-state index is -0.801. The fraction of sp³-hybridized carbons (Fsp3) is 0.462. The SMILES string of the molecule is CCC1(O)CN(C(=O)c2cccc([N+](=O)[O-])c2C)C1. The zero-order valence-corrected chi connectivity index (χ0v) is 10.9. The first kappa shape index (κ1) is 13.5. The monoisotopic (exact) mass is 264 g/mol. The van der Waals surface area contributed by atoms with Crippen LogP contribution in [0.3, 0.4) is 0 Å². The molecule has 0 aromatic heterocycles. The van der Waals surface area contributed by atoms with Crippen molar-refractivity contribution >= 4 is 11.6 Å². The molecule has 2 rings (SSSR count). The van der Waals surface area contributed by atoms with Crippen LogP contribution in [-0.2, 0) is 0 Å². The third kappa shape index (κ3) is 2.31. The average molecular weight is 264 g/mol. The lowest BCUT2D eigenvalue weighted by atomic mass is 9.90. The molecule has 0 bridgehead atoms. The van der Waals surface area contributed by atoms with E-state index in [2.05, 4.69) is 0 Å². The first-order chi connectivity index (χ1) is 8.88. The van der Waals surface area contributed by atoms with Gasteiger partial charge >= 0.3 is 0 Å². The molecule has 1 amide bonds. The van der Waals surface area contributed by atoms with Gasteiger partial charge in [-0.15, -0.1) is 0 Å². The van der Waals surface area contributed by atoms with Crippen LogP contribution >= 0.6 is 0 Å². The highest BCUT2D eigenvalue weighted by Crippen LogP contribution is 2.28. The van der Waals surface area contributed by atoms with Crippen LogP contribution in [0.2, 0.25) is 0 Å². The summed E-state index contributed by atoms with van der Waals surface area (Å²) in [6, 6.07) is 4.46. The van der Waals surface area contributed by atoms with E-state index in [9.17, 15) is 20.0 Å². The molecule has 1 aromatic rings. The van der Waals surface area contributed by atoms with E-state index in [1.807, 2.05) is 6.92 Å². The number of carbonyl (C=O) groups excluding carboxylic acids is 1. The number of aliphatic hydroxyl groups is 1. The number of β-amino-alcohol motifs (C(OH)–C–C–N with tert-alkyl or cyclic N) is 1. The van der Waals surface area contributed by atoms with Crippen LogP contribution in [0, 0.1) is 17.0 Å². The molecular formula is C13H16N2O4. The fourth-order valence-corrected chi connectivity index (χ4v) is 2.25. The van der Waals surface area contributed by atoms with Crippen molar-refractivity contribution in [1.29, 1.82) is 0 Å². The van der Waals surface area contributed by atoms with E-state index in [0.717, 1.165) is 0 Å². The quantitative estimate of drug-likeness (QED) is 0.662. The molecule has 0 radical (unpaired) electrons. The lowest BCUT2D eigenvalue weighted by Crippen LogP contribution is -2.63. The number of hydrogen-bond acceptors (Lipinski definition) is 4. The summed E-state index contributed by atoms with van der Waals surface area (Å²) in [6.07, 6.45) is 0.588. The Morgan fingerprint density at radius 1 is 1.53 bits per heavy atom. The molecule has 102 valence electrons. The van der Waals surface area contributed by atoms with Gasteiger partial charge in [-0.2, -0.15) is 0 Å². The van der Waals surface area contributed by atoms with Gasteiger partial charge in [0.2, 0.25) is 0 Å². The minimum Gasteiger partial charge on any atom is -0.386 e. The second-order valence-corrected chi connectivity index (χ2v) is 4.95. The number of nitro groups is 1. The van der Waals surface area contributed by atoms with Crippen molar-refractivity contribution in [2.24, 2.45) is 0 Å². The van der Waals surface area contributed by atoms with Gasteiger partial charge < -0.3 is 10.0 Å². The Morgan fingerprint density at radius 2 is 2.16 bits per heavy atom. The zero-order chi connectivity index (χ0) is 14.2. The van der Waals surface area contributed by atoms with Gasteiger partial charge in [-0.05, 0) is 19.4 Å². The number of likely N-dealkylation sites (tertiary alicyclic amines) is 1. The molecule has 6 heteroatoms. The number of nitrogens with zero attached hydrogens (tertiary/aromatic N) is 2. The maximum atomic E-state index is 12.2. The first-order valence-corrected chi connectivity index (χ1v) is 6.13.